The summed E-state index contributed by atoms with van der Waals surface area (Å²) in [6, 6.07) is 6.08. The van der Waals surface area contributed by atoms with Crippen LogP contribution in [0, 0.1) is 18.6 Å². The van der Waals surface area contributed by atoms with E-state index in [1.54, 1.807) is 12.3 Å². The second kappa shape index (κ2) is 5.97. The van der Waals surface area contributed by atoms with Crippen LogP contribution in [-0.2, 0) is 6.42 Å². The number of rotatable bonds is 5. The summed E-state index contributed by atoms with van der Waals surface area (Å²) in [5.74, 6) is -0.778. The minimum atomic E-state index is -0.809. The molecule has 1 heterocycles. The van der Waals surface area contributed by atoms with E-state index in [1.165, 1.54) is 6.07 Å². The Morgan fingerprint density at radius 2 is 2.11 bits per heavy atom. The summed E-state index contributed by atoms with van der Waals surface area (Å²) >= 11 is 0. The average Bonchev–Trinajstić information content (AvgIpc) is 2.81. The van der Waals surface area contributed by atoms with Crippen molar-refractivity contribution in [3.63, 3.8) is 0 Å². The standard InChI is InChI=1S/C15H17F2NO/c1-3-18-14(12-7-10(2)19-9-12)8-11-5-4-6-13(16)15(11)17/h4-7,9,14,18H,3,8H2,1-2H3. The third-order valence-corrected chi connectivity index (χ3v) is 3.06. The van der Waals surface area contributed by atoms with E-state index in [2.05, 4.69) is 5.32 Å². The van der Waals surface area contributed by atoms with Gasteiger partial charge in [0.2, 0.25) is 0 Å². The molecule has 0 saturated heterocycles. The van der Waals surface area contributed by atoms with E-state index in [0.29, 0.717) is 12.0 Å². The van der Waals surface area contributed by atoms with Crippen LogP contribution in [0.4, 0.5) is 8.78 Å². The van der Waals surface area contributed by atoms with Gasteiger partial charge in [0.15, 0.2) is 11.6 Å². The lowest BCUT2D eigenvalue weighted by atomic mass is 10.00. The summed E-state index contributed by atoms with van der Waals surface area (Å²) in [5, 5.41) is 3.26. The SMILES string of the molecule is CCNC(Cc1cccc(F)c1F)c1coc(C)c1. The van der Waals surface area contributed by atoms with Gasteiger partial charge in [-0.2, -0.15) is 0 Å². The maximum atomic E-state index is 13.7. The molecule has 19 heavy (non-hydrogen) atoms. The van der Waals surface area contributed by atoms with Gasteiger partial charge in [0.05, 0.1) is 6.26 Å². The van der Waals surface area contributed by atoms with Crippen molar-refractivity contribution in [2.45, 2.75) is 26.3 Å². The lowest BCUT2D eigenvalue weighted by molar-refractivity contribution is 0.477. The highest BCUT2D eigenvalue weighted by Crippen LogP contribution is 2.23. The first-order valence-electron chi connectivity index (χ1n) is 6.33. The molecule has 1 atom stereocenters. The minimum Gasteiger partial charge on any atom is -0.469 e. The summed E-state index contributed by atoms with van der Waals surface area (Å²) in [6.45, 7) is 4.57. The molecule has 0 fully saturated rings. The Morgan fingerprint density at radius 1 is 1.32 bits per heavy atom. The molecule has 1 aromatic carbocycles. The molecular weight excluding hydrogens is 248 g/mol. The van der Waals surface area contributed by atoms with Crippen molar-refractivity contribution in [2.75, 3.05) is 6.54 Å². The fourth-order valence-electron chi connectivity index (χ4n) is 2.13. The minimum absolute atomic E-state index is 0.0845. The number of benzene rings is 1. The Hall–Kier alpha value is -1.68. The van der Waals surface area contributed by atoms with E-state index >= 15 is 0 Å². The molecule has 0 aliphatic carbocycles. The van der Waals surface area contributed by atoms with Crippen LogP contribution in [0.3, 0.4) is 0 Å². The van der Waals surface area contributed by atoms with E-state index in [0.717, 1.165) is 23.9 Å². The summed E-state index contributed by atoms with van der Waals surface area (Å²) < 4.78 is 32.2. The van der Waals surface area contributed by atoms with Crippen molar-refractivity contribution in [1.29, 1.82) is 0 Å². The second-order valence-electron chi connectivity index (χ2n) is 4.52. The lowest BCUT2D eigenvalue weighted by Crippen LogP contribution is -2.23. The third-order valence-electron chi connectivity index (χ3n) is 3.06. The van der Waals surface area contributed by atoms with Crippen LogP contribution >= 0.6 is 0 Å². The van der Waals surface area contributed by atoms with Gasteiger partial charge in [0.25, 0.3) is 0 Å². The van der Waals surface area contributed by atoms with Gasteiger partial charge in [-0.1, -0.05) is 19.1 Å². The van der Waals surface area contributed by atoms with Crippen LogP contribution in [-0.4, -0.2) is 6.54 Å². The molecule has 0 radical (unpaired) electrons. The van der Waals surface area contributed by atoms with Gasteiger partial charge in [0, 0.05) is 11.6 Å². The highest BCUT2D eigenvalue weighted by molar-refractivity contribution is 5.24. The van der Waals surface area contributed by atoms with Crippen molar-refractivity contribution >= 4 is 0 Å². The number of halogens is 2. The predicted molar refractivity (Wildman–Crippen MR) is 69.9 cm³/mol. The average molecular weight is 265 g/mol. The topological polar surface area (TPSA) is 25.2 Å². The van der Waals surface area contributed by atoms with Crippen LogP contribution in [0.15, 0.2) is 34.9 Å². The van der Waals surface area contributed by atoms with Crippen LogP contribution in [0.2, 0.25) is 0 Å². The normalized spacial score (nSPS) is 12.6. The monoisotopic (exact) mass is 265 g/mol. The second-order valence-corrected chi connectivity index (χ2v) is 4.52. The summed E-state index contributed by atoms with van der Waals surface area (Å²) in [6.07, 6.45) is 2.04. The first-order valence-corrected chi connectivity index (χ1v) is 6.33. The molecule has 0 aliphatic heterocycles. The molecule has 2 rings (SSSR count). The Balaban J connectivity index is 2.23. The Bertz CT molecular complexity index is 551. The highest BCUT2D eigenvalue weighted by Gasteiger charge is 2.17. The molecule has 102 valence electrons. The number of hydrogen-bond donors (Lipinski definition) is 1. The van der Waals surface area contributed by atoms with E-state index in [1.807, 2.05) is 19.9 Å². The molecule has 1 N–H and O–H groups in total. The maximum absolute atomic E-state index is 13.7. The number of furan rings is 1. The maximum Gasteiger partial charge on any atom is 0.162 e. The number of aryl methyl sites for hydroxylation is 1. The first kappa shape index (κ1) is 13.7. The summed E-state index contributed by atoms with van der Waals surface area (Å²) in [7, 11) is 0. The number of likely N-dealkylation sites (N-methyl/N-ethyl adjacent to an activating group) is 1. The van der Waals surface area contributed by atoms with Gasteiger partial charge in [0.1, 0.15) is 5.76 Å². The molecule has 2 nitrogen and oxygen atoms in total. The molecule has 0 bridgehead atoms. The van der Waals surface area contributed by atoms with E-state index in [-0.39, 0.29) is 6.04 Å². The van der Waals surface area contributed by atoms with Crippen LogP contribution in [0.25, 0.3) is 0 Å². The zero-order chi connectivity index (χ0) is 13.8. The van der Waals surface area contributed by atoms with E-state index in [4.69, 9.17) is 4.42 Å². The van der Waals surface area contributed by atoms with E-state index < -0.39 is 11.6 Å². The van der Waals surface area contributed by atoms with Crippen LogP contribution in [0.1, 0.15) is 29.9 Å². The van der Waals surface area contributed by atoms with Crippen molar-refractivity contribution in [1.82, 2.24) is 5.32 Å². The summed E-state index contributed by atoms with van der Waals surface area (Å²) in [4.78, 5) is 0. The van der Waals surface area contributed by atoms with E-state index in [9.17, 15) is 8.78 Å². The molecule has 1 unspecified atom stereocenters. The van der Waals surface area contributed by atoms with Gasteiger partial charge in [-0.05, 0) is 37.6 Å². The highest BCUT2D eigenvalue weighted by atomic mass is 19.2. The van der Waals surface area contributed by atoms with Gasteiger partial charge in [-0.25, -0.2) is 8.78 Å². The smallest absolute Gasteiger partial charge is 0.162 e. The molecule has 0 spiro atoms. The molecule has 0 aliphatic rings. The zero-order valence-corrected chi connectivity index (χ0v) is 11.0. The molecule has 0 saturated carbocycles. The predicted octanol–water partition coefficient (Wildman–Crippen LogP) is 3.76. The Labute approximate surface area is 111 Å². The molecule has 2 aromatic rings. The van der Waals surface area contributed by atoms with Crippen molar-refractivity contribution in [3.8, 4) is 0 Å². The fraction of sp³-hybridized carbons (Fsp3) is 0.333. The summed E-state index contributed by atoms with van der Waals surface area (Å²) in [5.41, 5.74) is 1.31. The van der Waals surface area contributed by atoms with Gasteiger partial charge < -0.3 is 9.73 Å². The number of hydrogen-bond acceptors (Lipinski definition) is 2. The van der Waals surface area contributed by atoms with Crippen LogP contribution < -0.4 is 5.32 Å². The molecule has 1 aromatic heterocycles. The van der Waals surface area contributed by atoms with Crippen molar-refractivity contribution < 1.29 is 13.2 Å². The van der Waals surface area contributed by atoms with Gasteiger partial charge >= 0.3 is 0 Å². The van der Waals surface area contributed by atoms with Crippen molar-refractivity contribution in [2.24, 2.45) is 0 Å². The fourth-order valence-corrected chi connectivity index (χ4v) is 2.13. The largest absolute Gasteiger partial charge is 0.469 e. The van der Waals surface area contributed by atoms with Crippen molar-refractivity contribution in [3.05, 3.63) is 59.1 Å². The molecule has 4 heteroatoms. The lowest BCUT2D eigenvalue weighted by Gasteiger charge is -2.16. The quantitative estimate of drug-likeness (QED) is 0.890. The van der Waals surface area contributed by atoms with Gasteiger partial charge in [-0.15, -0.1) is 0 Å². The zero-order valence-electron chi connectivity index (χ0n) is 11.0. The molecular formula is C15H17F2NO. The number of nitrogens with one attached hydrogen (secondary N) is 1. The van der Waals surface area contributed by atoms with Gasteiger partial charge in [-0.3, -0.25) is 0 Å². The Morgan fingerprint density at radius 3 is 2.74 bits per heavy atom. The van der Waals surface area contributed by atoms with Crippen LogP contribution in [0.5, 0.6) is 0 Å². The third kappa shape index (κ3) is 3.20. The Kier molecular flexibility index (Phi) is 4.32. The first-order chi connectivity index (χ1) is 9.11. The molecule has 0 amide bonds.